The summed E-state index contributed by atoms with van der Waals surface area (Å²) >= 11 is 1.63. The molecule has 2 rings (SSSR count). The topological polar surface area (TPSA) is 59.1 Å². The van der Waals surface area contributed by atoms with E-state index in [-0.39, 0.29) is 6.54 Å². The summed E-state index contributed by atoms with van der Waals surface area (Å²) in [5.41, 5.74) is 1.87. The molecule has 0 radical (unpaired) electrons. The molecule has 0 atom stereocenters. The fourth-order valence-electron chi connectivity index (χ4n) is 1.51. The second kappa shape index (κ2) is 5.81. The molecule has 0 spiro atoms. The maximum absolute atomic E-state index is 11.7. The SMILES string of the molecule is CC(C)S(=O)(=O)NCc1cncc(-c2cccs2)c1. The molecule has 19 heavy (non-hydrogen) atoms. The van der Waals surface area contributed by atoms with Gasteiger partial charge in [-0.2, -0.15) is 0 Å². The van der Waals surface area contributed by atoms with Crippen molar-refractivity contribution < 1.29 is 8.42 Å². The number of sulfonamides is 1. The largest absolute Gasteiger partial charge is 0.264 e. The van der Waals surface area contributed by atoms with Crippen LogP contribution >= 0.6 is 11.3 Å². The van der Waals surface area contributed by atoms with Crippen LogP contribution in [-0.2, 0) is 16.6 Å². The molecule has 1 N–H and O–H groups in total. The number of hydrogen-bond donors (Lipinski definition) is 1. The van der Waals surface area contributed by atoms with Crippen LogP contribution in [0.5, 0.6) is 0 Å². The van der Waals surface area contributed by atoms with Gasteiger partial charge in [-0.25, -0.2) is 13.1 Å². The molecule has 0 fully saturated rings. The first kappa shape index (κ1) is 14.2. The Morgan fingerprint density at radius 3 is 2.79 bits per heavy atom. The van der Waals surface area contributed by atoms with Crippen LogP contribution < -0.4 is 4.72 Å². The van der Waals surface area contributed by atoms with E-state index in [4.69, 9.17) is 0 Å². The Morgan fingerprint density at radius 2 is 2.16 bits per heavy atom. The Bertz CT molecular complexity index is 634. The summed E-state index contributed by atoms with van der Waals surface area (Å²) in [5.74, 6) is 0. The number of nitrogens with zero attached hydrogens (tertiary/aromatic N) is 1. The maximum atomic E-state index is 11.7. The van der Waals surface area contributed by atoms with E-state index in [2.05, 4.69) is 9.71 Å². The molecular weight excluding hydrogens is 280 g/mol. The molecule has 0 aliphatic heterocycles. The van der Waals surface area contributed by atoms with Gasteiger partial charge in [0.05, 0.1) is 5.25 Å². The van der Waals surface area contributed by atoms with Gasteiger partial charge >= 0.3 is 0 Å². The van der Waals surface area contributed by atoms with E-state index in [1.54, 1.807) is 37.6 Å². The number of thiophene rings is 1. The normalized spacial score (nSPS) is 11.9. The minimum Gasteiger partial charge on any atom is -0.264 e. The highest BCUT2D eigenvalue weighted by Gasteiger charge is 2.14. The van der Waals surface area contributed by atoms with Crippen molar-refractivity contribution in [3.05, 3.63) is 41.5 Å². The van der Waals surface area contributed by atoms with Crippen LogP contribution in [0.25, 0.3) is 10.4 Å². The predicted molar refractivity (Wildman–Crippen MR) is 78.4 cm³/mol. The summed E-state index contributed by atoms with van der Waals surface area (Å²) in [4.78, 5) is 5.28. The zero-order valence-corrected chi connectivity index (χ0v) is 12.5. The second-order valence-corrected chi connectivity index (χ2v) is 7.74. The molecule has 0 bridgehead atoms. The van der Waals surface area contributed by atoms with E-state index in [0.29, 0.717) is 0 Å². The summed E-state index contributed by atoms with van der Waals surface area (Å²) < 4.78 is 26.0. The average molecular weight is 296 g/mol. The van der Waals surface area contributed by atoms with Crippen molar-refractivity contribution in [2.45, 2.75) is 25.6 Å². The third-order valence-electron chi connectivity index (χ3n) is 2.70. The Hall–Kier alpha value is -1.24. The molecule has 0 amide bonds. The van der Waals surface area contributed by atoms with Crippen molar-refractivity contribution in [2.24, 2.45) is 0 Å². The van der Waals surface area contributed by atoms with Gasteiger partial charge in [0.25, 0.3) is 0 Å². The van der Waals surface area contributed by atoms with Crippen LogP contribution in [0.2, 0.25) is 0 Å². The third kappa shape index (κ3) is 3.62. The van der Waals surface area contributed by atoms with E-state index in [1.807, 2.05) is 23.6 Å². The molecule has 2 heterocycles. The lowest BCUT2D eigenvalue weighted by Gasteiger charge is -2.09. The lowest BCUT2D eigenvalue weighted by molar-refractivity contribution is 0.572. The smallest absolute Gasteiger partial charge is 0.214 e. The number of aromatic nitrogens is 1. The summed E-state index contributed by atoms with van der Waals surface area (Å²) in [5, 5.41) is 1.57. The van der Waals surface area contributed by atoms with Crippen molar-refractivity contribution in [1.29, 1.82) is 0 Å². The first-order valence-electron chi connectivity index (χ1n) is 5.95. The zero-order valence-electron chi connectivity index (χ0n) is 10.8. The molecule has 0 aliphatic rings. The highest BCUT2D eigenvalue weighted by Crippen LogP contribution is 2.24. The van der Waals surface area contributed by atoms with Gasteiger partial charge in [-0.15, -0.1) is 11.3 Å². The van der Waals surface area contributed by atoms with Crippen LogP contribution in [-0.4, -0.2) is 18.7 Å². The molecule has 4 nitrogen and oxygen atoms in total. The zero-order chi connectivity index (χ0) is 13.9. The number of rotatable bonds is 5. The maximum Gasteiger partial charge on any atom is 0.214 e. The van der Waals surface area contributed by atoms with Crippen LogP contribution in [0.3, 0.4) is 0 Å². The molecule has 2 aromatic heterocycles. The monoisotopic (exact) mass is 296 g/mol. The van der Waals surface area contributed by atoms with E-state index in [0.717, 1.165) is 16.0 Å². The summed E-state index contributed by atoms with van der Waals surface area (Å²) in [6.45, 7) is 3.58. The van der Waals surface area contributed by atoms with E-state index in [9.17, 15) is 8.42 Å². The van der Waals surface area contributed by atoms with Crippen molar-refractivity contribution in [2.75, 3.05) is 0 Å². The number of nitrogens with one attached hydrogen (secondary N) is 1. The Labute approximate surface area is 117 Å². The molecule has 0 saturated carbocycles. The predicted octanol–water partition coefficient (Wildman–Crippen LogP) is 2.64. The van der Waals surface area contributed by atoms with Crippen molar-refractivity contribution in [1.82, 2.24) is 9.71 Å². The first-order valence-corrected chi connectivity index (χ1v) is 8.38. The van der Waals surface area contributed by atoms with E-state index in [1.165, 1.54) is 0 Å². The molecule has 0 aromatic carbocycles. The van der Waals surface area contributed by atoms with Crippen LogP contribution in [0.4, 0.5) is 0 Å². The van der Waals surface area contributed by atoms with Crippen LogP contribution in [0, 0.1) is 0 Å². The standard InChI is InChI=1S/C13H16N2O2S2/c1-10(2)19(16,17)15-8-11-6-12(9-14-7-11)13-4-3-5-18-13/h3-7,9-10,15H,8H2,1-2H3. The Morgan fingerprint density at radius 1 is 1.37 bits per heavy atom. The molecule has 6 heteroatoms. The highest BCUT2D eigenvalue weighted by molar-refractivity contribution is 7.90. The fraction of sp³-hybridized carbons (Fsp3) is 0.308. The summed E-state index contributed by atoms with van der Waals surface area (Å²) in [6, 6.07) is 5.96. The minimum atomic E-state index is -3.24. The molecule has 0 aliphatic carbocycles. The Kier molecular flexibility index (Phi) is 4.34. The van der Waals surface area contributed by atoms with E-state index < -0.39 is 15.3 Å². The van der Waals surface area contributed by atoms with Gasteiger partial charge < -0.3 is 0 Å². The molecule has 0 unspecified atom stereocenters. The van der Waals surface area contributed by atoms with Gasteiger partial charge in [0.2, 0.25) is 10.0 Å². The fourth-order valence-corrected chi connectivity index (χ4v) is 2.92. The minimum absolute atomic E-state index is 0.271. The molecule has 0 saturated heterocycles. The van der Waals surface area contributed by atoms with E-state index >= 15 is 0 Å². The lowest BCUT2D eigenvalue weighted by Crippen LogP contribution is -2.30. The molecule has 102 valence electrons. The van der Waals surface area contributed by atoms with Crippen LogP contribution in [0.1, 0.15) is 19.4 Å². The number of pyridine rings is 1. The quantitative estimate of drug-likeness (QED) is 0.922. The lowest BCUT2D eigenvalue weighted by atomic mass is 10.2. The van der Waals surface area contributed by atoms with Crippen molar-refractivity contribution in [3.63, 3.8) is 0 Å². The van der Waals surface area contributed by atoms with Crippen molar-refractivity contribution >= 4 is 21.4 Å². The molecular formula is C13H16N2O2S2. The number of hydrogen-bond acceptors (Lipinski definition) is 4. The van der Waals surface area contributed by atoms with Gasteiger partial charge in [0, 0.05) is 29.4 Å². The second-order valence-electron chi connectivity index (χ2n) is 4.47. The van der Waals surface area contributed by atoms with Gasteiger partial charge in [-0.1, -0.05) is 6.07 Å². The van der Waals surface area contributed by atoms with Crippen LogP contribution in [0.15, 0.2) is 36.0 Å². The van der Waals surface area contributed by atoms with Crippen molar-refractivity contribution in [3.8, 4) is 10.4 Å². The third-order valence-corrected chi connectivity index (χ3v) is 5.41. The van der Waals surface area contributed by atoms with Gasteiger partial charge in [0.15, 0.2) is 0 Å². The Balaban J connectivity index is 2.13. The summed E-state index contributed by atoms with van der Waals surface area (Å²) in [7, 11) is -3.24. The van der Waals surface area contributed by atoms with Gasteiger partial charge in [-0.3, -0.25) is 4.98 Å². The first-order chi connectivity index (χ1) is 8.99. The molecule has 2 aromatic rings. The average Bonchev–Trinajstić information content (AvgIpc) is 2.90. The highest BCUT2D eigenvalue weighted by atomic mass is 32.2. The van der Waals surface area contributed by atoms with Gasteiger partial charge in [0.1, 0.15) is 0 Å². The summed E-state index contributed by atoms with van der Waals surface area (Å²) in [6.07, 6.45) is 3.46. The van der Waals surface area contributed by atoms with Gasteiger partial charge in [-0.05, 0) is 36.9 Å².